The summed E-state index contributed by atoms with van der Waals surface area (Å²) >= 11 is 0. The van der Waals surface area contributed by atoms with Crippen molar-refractivity contribution < 1.29 is 4.79 Å². The number of rotatable bonds is 7. The Morgan fingerprint density at radius 1 is 1.06 bits per heavy atom. The van der Waals surface area contributed by atoms with Crippen molar-refractivity contribution >= 4 is 29.2 Å². The summed E-state index contributed by atoms with van der Waals surface area (Å²) < 4.78 is 0. The zero-order valence-electron chi connectivity index (χ0n) is 21.5. The number of hydrogen-bond acceptors (Lipinski definition) is 5. The Labute approximate surface area is 209 Å². The van der Waals surface area contributed by atoms with E-state index in [-0.39, 0.29) is 5.78 Å². The Balaban J connectivity index is 1.70. The number of anilines is 3. The summed E-state index contributed by atoms with van der Waals surface area (Å²) in [7, 11) is 1.86. The van der Waals surface area contributed by atoms with E-state index in [2.05, 4.69) is 52.9 Å². The molecule has 1 aromatic carbocycles. The lowest BCUT2D eigenvalue weighted by Crippen LogP contribution is -2.11. The smallest absolute Gasteiger partial charge is 0.164 e. The summed E-state index contributed by atoms with van der Waals surface area (Å²) in [6, 6.07) is 12.7. The number of hydrogen-bond donors (Lipinski definition) is 2. The Bertz CT molecular complexity index is 1220. The van der Waals surface area contributed by atoms with Gasteiger partial charge in [-0.15, -0.1) is 0 Å². The van der Waals surface area contributed by atoms with Gasteiger partial charge in [-0.25, -0.2) is 9.97 Å². The molecule has 1 aliphatic carbocycles. The minimum Gasteiger partial charge on any atom is -0.373 e. The van der Waals surface area contributed by atoms with Crippen molar-refractivity contribution in [2.45, 2.75) is 59.3 Å². The van der Waals surface area contributed by atoms with Gasteiger partial charge in [-0.2, -0.15) is 0 Å². The summed E-state index contributed by atoms with van der Waals surface area (Å²) in [5.41, 5.74) is 6.49. The highest BCUT2D eigenvalue weighted by molar-refractivity contribution is 6.03. The first kappa shape index (κ1) is 24.6. The van der Waals surface area contributed by atoms with Crippen LogP contribution in [0.15, 0.2) is 48.7 Å². The molecule has 4 rings (SSSR count). The van der Waals surface area contributed by atoms with E-state index in [1.807, 2.05) is 45.3 Å². The molecular weight excluding hydrogens is 432 g/mol. The van der Waals surface area contributed by atoms with E-state index in [4.69, 9.17) is 4.98 Å². The molecule has 1 fully saturated rings. The second kappa shape index (κ2) is 10.9. The largest absolute Gasteiger partial charge is 0.373 e. The molecule has 2 N–H and O–H groups in total. The number of ketones is 1. The second-order valence-electron chi connectivity index (χ2n) is 9.72. The van der Waals surface area contributed by atoms with Gasteiger partial charge in [0.05, 0.1) is 11.3 Å². The summed E-state index contributed by atoms with van der Waals surface area (Å²) in [6.07, 6.45) is 10.9. The minimum atomic E-state index is -0.0209. The van der Waals surface area contributed by atoms with Crippen molar-refractivity contribution in [1.82, 2.24) is 9.97 Å². The predicted molar refractivity (Wildman–Crippen MR) is 147 cm³/mol. The number of benzene rings is 1. The number of carbonyl (C=O) groups excluding carboxylic acids is 1. The van der Waals surface area contributed by atoms with Gasteiger partial charge in [0.25, 0.3) is 0 Å². The monoisotopic (exact) mass is 468 g/mol. The summed E-state index contributed by atoms with van der Waals surface area (Å²) in [5, 5.41) is 6.54. The van der Waals surface area contributed by atoms with Crippen molar-refractivity contribution in [3.8, 4) is 11.3 Å². The number of carbonyl (C=O) groups is 1. The standard InChI is InChI=1S/C30H36N4O/c1-6-7-24-17-27(25-16-20(3)29(31-5)32-18-25)34-30(28(24)21(4)35)33-26-14-12-23(13-15-26)22-10-8-19(2)9-11-22/h6-7,12-19,22H,8-11H2,1-5H3,(H,31,32)(H,33,34)/b7-6-. The van der Waals surface area contributed by atoms with Gasteiger partial charge in [0, 0.05) is 24.5 Å². The molecule has 0 amide bonds. The SMILES string of the molecule is C/C=C\c1cc(-c2cnc(NC)c(C)c2)nc(Nc2ccc(C3CCC(C)CC3)cc2)c1C(C)=O. The highest BCUT2D eigenvalue weighted by Crippen LogP contribution is 2.36. The van der Waals surface area contributed by atoms with Crippen molar-refractivity contribution in [2.24, 2.45) is 5.92 Å². The molecule has 0 unspecified atom stereocenters. The average molecular weight is 469 g/mol. The van der Waals surface area contributed by atoms with Crippen LogP contribution in [-0.2, 0) is 0 Å². The minimum absolute atomic E-state index is 0.0209. The number of aryl methyl sites for hydroxylation is 1. The third-order valence-corrected chi connectivity index (χ3v) is 7.02. The molecule has 0 spiro atoms. The van der Waals surface area contributed by atoms with E-state index in [9.17, 15) is 4.79 Å². The molecule has 0 radical (unpaired) electrons. The molecule has 0 atom stereocenters. The van der Waals surface area contributed by atoms with Crippen LogP contribution in [0.5, 0.6) is 0 Å². The fourth-order valence-corrected chi connectivity index (χ4v) is 5.03. The molecule has 0 saturated heterocycles. The zero-order chi connectivity index (χ0) is 24.9. The number of allylic oxidation sites excluding steroid dienone is 1. The van der Waals surface area contributed by atoms with Crippen molar-refractivity contribution in [3.05, 3.63) is 70.9 Å². The maximum Gasteiger partial charge on any atom is 0.164 e. The van der Waals surface area contributed by atoms with Crippen LogP contribution in [-0.4, -0.2) is 22.8 Å². The molecule has 5 heteroatoms. The maximum absolute atomic E-state index is 12.7. The molecular formula is C30H36N4O. The highest BCUT2D eigenvalue weighted by atomic mass is 16.1. The number of pyridine rings is 2. The third-order valence-electron chi connectivity index (χ3n) is 7.02. The van der Waals surface area contributed by atoms with Crippen LogP contribution < -0.4 is 10.6 Å². The lowest BCUT2D eigenvalue weighted by molar-refractivity contribution is 0.101. The topological polar surface area (TPSA) is 66.9 Å². The van der Waals surface area contributed by atoms with E-state index < -0.39 is 0 Å². The molecule has 2 heterocycles. The summed E-state index contributed by atoms with van der Waals surface area (Å²) in [5.74, 6) is 2.88. The van der Waals surface area contributed by atoms with Crippen molar-refractivity contribution in [1.29, 1.82) is 0 Å². The van der Waals surface area contributed by atoms with Gasteiger partial charge in [0.1, 0.15) is 11.6 Å². The predicted octanol–water partition coefficient (Wildman–Crippen LogP) is 7.77. The van der Waals surface area contributed by atoms with Crippen LogP contribution >= 0.6 is 0 Å². The Hall–Kier alpha value is -3.47. The highest BCUT2D eigenvalue weighted by Gasteiger charge is 2.20. The average Bonchev–Trinajstić information content (AvgIpc) is 2.85. The molecule has 3 aromatic rings. The second-order valence-corrected chi connectivity index (χ2v) is 9.72. The van der Waals surface area contributed by atoms with E-state index >= 15 is 0 Å². The van der Waals surface area contributed by atoms with Crippen molar-refractivity contribution in [3.63, 3.8) is 0 Å². The van der Waals surface area contributed by atoms with Crippen LogP contribution in [0, 0.1) is 12.8 Å². The number of nitrogens with one attached hydrogen (secondary N) is 2. The first-order valence-electron chi connectivity index (χ1n) is 12.6. The van der Waals surface area contributed by atoms with Crippen LogP contribution in [0.25, 0.3) is 17.3 Å². The molecule has 0 aliphatic heterocycles. The van der Waals surface area contributed by atoms with E-state index in [0.717, 1.165) is 39.8 Å². The quantitative estimate of drug-likeness (QED) is 0.347. The van der Waals surface area contributed by atoms with Crippen molar-refractivity contribution in [2.75, 3.05) is 17.7 Å². The van der Waals surface area contributed by atoms with Gasteiger partial charge < -0.3 is 10.6 Å². The molecule has 35 heavy (non-hydrogen) atoms. The van der Waals surface area contributed by atoms with E-state index in [0.29, 0.717) is 17.3 Å². The van der Waals surface area contributed by atoms with Gasteiger partial charge in [-0.3, -0.25) is 4.79 Å². The Kier molecular flexibility index (Phi) is 7.64. The summed E-state index contributed by atoms with van der Waals surface area (Å²) in [6.45, 7) is 7.92. The Morgan fingerprint density at radius 2 is 1.77 bits per heavy atom. The van der Waals surface area contributed by atoms with Gasteiger partial charge in [0.15, 0.2) is 5.78 Å². The number of Topliss-reactive ketones (excluding diaryl/α,β-unsaturated/α-hetero) is 1. The van der Waals surface area contributed by atoms with Crippen LogP contribution in [0.2, 0.25) is 0 Å². The molecule has 0 bridgehead atoms. The molecule has 182 valence electrons. The van der Waals surface area contributed by atoms with Gasteiger partial charge in [0.2, 0.25) is 0 Å². The van der Waals surface area contributed by atoms with E-state index in [1.54, 1.807) is 6.92 Å². The maximum atomic E-state index is 12.7. The van der Waals surface area contributed by atoms with Crippen LogP contribution in [0.1, 0.15) is 79.4 Å². The zero-order valence-corrected chi connectivity index (χ0v) is 21.5. The molecule has 2 aromatic heterocycles. The first-order chi connectivity index (χ1) is 16.9. The van der Waals surface area contributed by atoms with Crippen LogP contribution in [0.3, 0.4) is 0 Å². The Morgan fingerprint density at radius 3 is 2.37 bits per heavy atom. The molecule has 1 aliphatic rings. The van der Waals surface area contributed by atoms with E-state index in [1.165, 1.54) is 31.2 Å². The normalized spacial score (nSPS) is 18.0. The molecule has 1 saturated carbocycles. The van der Waals surface area contributed by atoms with Gasteiger partial charge in [-0.05, 0) is 86.4 Å². The van der Waals surface area contributed by atoms with Crippen LogP contribution in [0.4, 0.5) is 17.3 Å². The third kappa shape index (κ3) is 5.61. The lowest BCUT2D eigenvalue weighted by atomic mass is 9.79. The van der Waals surface area contributed by atoms with Gasteiger partial charge in [-0.1, -0.05) is 44.1 Å². The molecule has 5 nitrogen and oxygen atoms in total. The number of aromatic nitrogens is 2. The lowest BCUT2D eigenvalue weighted by Gasteiger charge is -2.26. The fraction of sp³-hybridized carbons (Fsp3) is 0.367. The van der Waals surface area contributed by atoms with Gasteiger partial charge >= 0.3 is 0 Å². The summed E-state index contributed by atoms with van der Waals surface area (Å²) in [4.78, 5) is 22.1. The number of nitrogens with zero attached hydrogens (tertiary/aromatic N) is 2. The first-order valence-corrected chi connectivity index (χ1v) is 12.6. The fourth-order valence-electron chi connectivity index (χ4n) is 5.03.